The van der Waals surface area contributed by atoms with E-state index in [4.69, 9.17) is 0 Å². The minimum absolute atomic E-state index is 0.0420. The third-order valence-corrected chi connectivity index (χ3v) is 7.28. The van der Waals surface area contributed by atoms with E-state index in [1.807, 2.05) is 61.5 Å². The van der Waals surface area contributed by atoms with Crippen LogP contribution >= 0.6 is 0 Å². The second-order valence-electron chi connectivity index (χ2n) is 9.70. The first-order chi connectivity index (χ1) is 16.4. The fourth-order valence-corrected chi connectivity index (χ4v) is 5.02. The fourth-order valence-electron chi connectivity index (χ4n) is 5.02. The van der Waals surface area contributed by atoms with Crippen LogP contribution in [0.1, 0.15) is 69.1 Å². The molecule has 0 radical (unpaired) electrons. The molecule has 3 rings (SSSR count). The van der Waals surface area contributed by atoms with Crippen molar-refractivity contribution in [1.29, 1.82) is 5.26 Å². The summed E-state index contributed by atoms with van der Waals surface area (Å²) in [6.07, 6.45) is 4.21. The monoisotopic (exact) mass is 459 g/mol. The van der Waals surface area contributed by atoms with Gasteiger partial charge in [0.05, 0.1) is 11.5 Å². The van der Waals surface area contributed by atoms with E-state index in [0.717, 1.165) is 42.4 Å². The van der Waals surface area contributed by atoms with Crippen LogP contribution in [0.5, 0.6) is 0 Å². The smallest absolute Gasteiger partial charge is 0.243 e. The van der Waals surface area contributed by atoms with Crippen LogP contribution in [0.3, 0.4) is 0 Å². The van der Waals surface area contributed by atoms with Crippen LogP contribution in [0.4, 0.5) is 0 Å². The first-order valence-corrected chi connectivity index (χ1v) is 12.5. The molecule has 1 N–H and O–H groups in total. The Hall–Kier alpha value is -3.13. The lowest BCUT2D eigenvalue weighted by Gasteiger charge is -2.31. The standard InChI is InChI=1S/C29H37N3O2/c1-22(2)29(21-30,25-14-5-4-6-15-25)18-10-9-17-27(33)32-19-11-16-26(32)28(34)31-20-24-13-8-7-12-23(24)3/h4-8,12-15,22,26H,9-11,16-20H2,1-3H3,(H,31,34)/t26-,29?/m1/s1. The van der Waals surface area contributed by atoms with Crippen LogP contribution in [0.15, 0.2) is 54.6 Å². The van der Waals surface area contributed by atoms with Crippen molar-refractivity contribution in [3.63, 3.8) is 0 Å². The minimum Gasteiger partial charge on any atom is -0.350 e. The molecule has 2 aromatic rings. The van der Waals surface area contributed by atoms with Crippen molar-refractivity contribution < 1.29 is 9.59 Å². The highest BCUT2D eigenvalue weighted by molar-refractivity contribution is 5.88. The van der Waals surface area contributed by atoms with Crippen molar-refractivity contribution in [2.24, 2.45) is 5.92 Å². The van der Waals surface area contributed by atoms with E-state index < -0.39 is 5.41 Å². The second-order valence-corrected chi connectivity index (χ2v) is 9.70. The molecule has 2 atom stereocenters. The molecule has 2 amide bonds. The van der Waals surface area contributed by atoms with E-state index in [2.05, 4.69) is 25.2 Å². The Balaban J connectivity index is 1.52. The van der Waals surface area contributed by atoms with Gasteiger partial charge in [-0.25, -0.2) is 0 Å². The zero-order chi connectivity index (χ0) is 24.6. The Morgan fingerprint density at radius 2 is 1.82 bits per heavy atom. The SMILES string of the molecule is Cc1ccccc1CNC(=O)[C@H]1CCCN1C(=O)CCCCC(C#N)(c1ccccc1)C(C)C. The van der Waals surface area contributed by atoms with Crippen molar-refractivity contribution in [3.8, 4) is 6.07 Å². The average Bonchev–Trinajstić information content (AvgIpc) is 3.34. The lowest BCUT2D eigenvalue weighted by Crippen LogP contribution is -2.45. The van der Waals surface area contributed by atoms with Gasteiger partial charge in [-0.2, -0.15) is 5.26 Å². The molecule has 1 unspecified atom stereocenters. The molecule has 0 spiro atoms. The van der Waals surface area contributed by atoms with Crippen molar-refractivity contribution >= 4 is 11.8 Å². The highest BCUT2D eigenvalue weighted by Crippen LogP contribution is 2.37. The molecular formula is C29H37N3O2. The number of nitrogens with zero attached hydrogens (tertiary/aromatic N) is 2. The van der Waals surface area contributed by atoms with Crippen LogP contribution in [0, 0.1) is 24.2 Å². The van der Waals surface area contributed by atoms with Crippen molar-refractivity contribution in [2.45, 2.75) is 77.3 Å². The lowest BCUT2D eigenvalue weighted by molar-refractivity contribution is -0.138. The first-order valence-electron chi connectivity index (χ1n) is 12.5. The predicted octanol–water partition coefficient (Wildman–Crippen LogP) is 5.28. The normalized spacial score (nSPS) is 17.3. The highest BCUT2D eigenvalue weighted by Gasteiger charge is 2.36. The third-order valence-electron chi connectivity index (χ3n) is 7.28. The number of carbonyl (C=O) groups excluding carboxylic acids is 2. The largest absolute Gasteiger partial charge is 0.350 e. The average molecular weight is 460 g/mol. The van der Waals surface area contributed by atoms with Crippen molar-refractivity contribution in [3.05, 3.63) is 71.3 Å². The number of carbonyl (C=O) groups is 2. The van der Waals surface area contributed by atoms with E-state index in [9.17, 15) is 14.9 Å². The van der Waals surface area contributed by atoms with Gasteiger partial charge >= 0.3 is 0 Å². The van der Waals surface area contributed by atoms with E-state index >= 15 is 0 Å². The summed E-state index contributed by atoms with van der Waals surface area (Å²) in [6, 6.07) is 20.2. The first kappa shape index (κ1) is 25.5. The molecule has 0 bridgehead atoms. The van der Waals surface area contributed by atoms with Crippen molar-refractivity contribution in [2.75, 3.05) is 6.54 Å². The van der Waals surface area contributed by atoms with Gasteiger partial charge in [-0.05, 0) is 55.2 Å². The molecule has 1 saturated heterocycles. The van der Waals surface area contributed by atoms with Gasteiger partial charge in [-0.15, -0.1) is 0 Å². The molecule has 5 nitrogen and oxygen atoms in total. The van der Waals surface area contributed by atoms with Gasteiger partial charge in [0.25, 0.3) is 0 Å². The van der Waals surface area contributed by atoms with Gasteiger partial charge in [0.1, 0.15) is 6.04 Å². The van der Waals surface area contributed by atoms with Gasteiger partial charge in [0.2, 0.25) is 11.8 Å². The number of aryl methyl sites for hydroxylation is 1. The summed E-state index contributed by atoms with van der Waals surface area (Å²) in [6.45, 7) is 7.33. The Bertz CT molecular complexity index is 1010. The van der Waals surface area contributed by atoms with Crippen LogP contribution in [0.25, 0.3) is 0 Å². The van der Waals surface area contributed by atoms with Gasteiger partial charge in [0, 0.05) is 19.5 Å². The zero-order valence-electron chi connectivity index (χ0n) is 20.7. The topological polar surface area (TPSA) is 73.2 Å². The Kier molecular flexibility index (Phi) is 8.87. The molecule has 2 aromatic carbocycles. The quantitative estimate of drug-likeness (QED) is 0.491. The molecule has 1 fully saturated rings. The molecule has 0 saturated carbocycles. The van der Waals surface area contributed by atoms with E-state index in [-0.39, 0.29) is 23.8 Å². The number of unbranched alkanes of at least 4 members (excludes halogenated alkanes) is 1. The summed E-state index contributed by atoms with van der Waals surface area (Å²) in [5, 5.41) is 13.1. The summed E-state index contributed by atoms with van der Waals surface area (Å²) in [4.78, 5) is 27.6. The molecule has 1 heterocycles. The van der Waals surface area contributed by atoms with E-state index in [0.29, 0.717) is 25.9 Å². The van der Waals surface area contributed by atoms with Gasteiger partial charge in [0.15, 0.2) is 0 Å². The summed E-state index contributed by atoms with van der Waals surface area (Å²) in [5.41, 5.74) is 2.74. The molecule has 0 aromatic heterocycles. The number of nitrogens with one attached hydrogen (secondary N) is 1. The number of amides is 2. The lowest BCUT2D eigenvalue weighted by atomic mass is 9.69. The maximum absolute atomic E-state index is 13.0. The molecule has 5 heteroatoms. The molecule has 1 aliphatic rings. The number of hydrogen-bond donors (Lipinski definition) is 1. The van der Waals surface area contributed by atoms with Crippen molar-refractivity contribution in [1.82, 2.24) is 10.2 Å². The minimum atomic E-state index is -0.546. The number of rotatable bonds is 10. The summed E-state index contributed by atoms with van der Waals surface area (Å²) in [5.74, 6) is 0.150. The molecule has 0 aliphatic carbocycles. The second kappa shape index (κ2) is 11.8. The van der Waals surface area contributed by atoms with Crippen LogP contribution < -0.4 is 5.32 Å². The summed E-state index contributed by atoms with van der Waals surface area (Å²) >= 11 is 0. The van der Waals surface area contributed by atoms with Gasteiger partial charge < -0.3 is 10.2 Å². The summed E-state index contributed by atoms with van der Waals surface area (Å²) < 4.78 is 0. The number of hydrogen-bond acceptors (Lipinski definition) is 3. The Morgan fingerprint density at radius 1 is 1.12 bits per heavy atom. The van der Waals surface area contributed by atoms with E-state index in [1.54, 1.807) is 4.90 Å². The Morgan fingerprint density at radius 3 is 2.50 bits per heavy atom. The molecule has 34 heavy (non-hydrogen) atoms. The van der Waals surface area contributed by atoms with Crippen LogP contribution in [0.2, 0.25) is 0 Å². The maximum Gasteiger partial charge on any atom is 0.243 e. The van der Waals surface area contributed by atoms with Crippen LogP contribution in [-0.2, 0) is 21.5 Å². The fraction of sp³-hybridized carbons (Fsp3) is 0.483. The highest BCUT2D eigenvalue weighted by atomic mass is 16.2. The van der Waals surface area contributed by atoms with Gasteiger partial charge in [-0.1, -0.05) is 74.9 Å². The summed E-state index contributed by atoms with van der Waals surface area (Å²) in [7, 11) is 0. The number of likely N-dealkylation sites (tertiary alicyclic amines) is 1. The number of nitriles is 1. The Labute approximate surface area is 204 Å². The van der Waals surface area contributed by atoms with Gasteiger partial charge in [-0.3, -0.25) is 9.59 Å². The predicted molar refractivity (Wildman–Crippen MR) is 135 cm³/mol. The maximum atomic E-state index is 13.0. The molecular weight excluding hydrogens is 422 g/mol. The zero-order valence-corrected chi connectivity index (χ0v) is 20.7. The van der Waals surface area contributed by atoms with Crippen LogP contribution in [-0.4, -0.2) is 29.3 Å². The molecule has 1 aliphatic heterocycles. The van der Waals surface area contributed by atoms with E-state index in [1.165, 1.54) is 0 Å². The molecule has 180 valence electrons. The third kappa shape index (κ3) is 5.86. The number of benzene rings is 2.